The Morgan fingerprint density at radius 3 is 2.17 bits per heavy atom. The van der Waals surface area contributed by atoms with Gasteiger partial charge in [-0.25, -0.2) is 4.79 Å². The van der Waals surface area contributed by atoms with Crippen molar-refractivity contribution in [3.63, 3.8) is 0 Å². The van der Waals surface area contributed by atoms with E-state index in [2.05, 4.69) is 0 Å². The molecule has 0 saturated heterocycles. The van der Waals surface area contributed by atoms with E-state index >= 15 is 0 Å². The van der Waals surface area contributed by atoms with Gasteiger partial charge in [0.1, 0.15) is 11.5 Å². The van der Waals surface area contributed by atoms with Gasteiger partial charge in [-0.05, 0) is 48.0 Å². The maximum Gasteiger partial charge on any atom is 0.339 e. The van der Waals surface area contributed by atoms with E-state index in [1.54, 1.807) is 25.6 Å². The molecule has 0 atom stereocenters. The van der Waals surface area contributed by atoms with Gasteiger partial charge in [0.25, 0.3) is 0 Å². The summed E-state index contributed by atoms with van der Waals surface area (Å²) in [4.78, 5) is 13.2. The average molecular weight is 328 g/mol. The number of hydrogen-bond donors (Lipinski definition) is 0. The number of rotatable bonds is 4. The van der Waals surface area contributed by atoms with Gasteiger partial charge in [0.15, 0.2) is 0 Å². The Hall–Kier alpha value is -2.53. The molecule has 0 bridgehead atoms. The van der Waals surface area contributed by atoms with E-state index in [9.17, 15) is 4.79 Å². The Morgan fingerprint density at radius 1 is 0.913 bits per heavy atom. The van der Waals surface area contributed by atoms with Gasteiger partial charge in [0.05, 0.1) is 31.8 Å². The molecule has 3 aromatic rings. The van der Waals surface area contributed by atoms with Crippen molar-refractivity contribution in [2.45, 2.75) is 0 Å². The van der Waals surface area contributed by atoms with Crippen molar-refractivity contribution in [1.29, 1.82) is 0 Å². The van der Waals surface area contributed by atoms with Gasteiger partial charge >= 0.3 is 5.97 Å². The van der Waals surface area contributed by atoms with Crippen LogP contribution in [-0.4, -0.2) is 27.3 Å². The molecule has 23 heavy (non-hydrogen) atoms. The van der Waals surface area contributed by atoms with E-state index in [4.69, 9.17) is 14.2 Å². The fourth-order valence-electron chi connectivity index (χ4n) is 2.45. The van der Waals surface area contributed by atoms with Crippen LogP contribution in [0.2, 0.25) is 0 Å². The van der Waals surface area contributed by atoms with E-state index in [1.807, 2.05) is 42.5 Å². The van der Waals surface area contributed by atoms with Crippen LogP contribution in [0, 0.1) is 0 Å². The lowest BCUT2D eigenvalue weighted by atomic mass is 10.1. The number of thiophene rings is 1. The highest BCUT2D eigenvalue weighted by molar-refractivity contribution is 7.22. The molecule has 3 rings (SSSR count). The third-order valence-electron chi connectivity index (χ3n) is 3.64. The van der Waals surface area contributed by atoms with Crippen molar-refractivity contribution in [3.8, 4) is 21.9 Å². The highest BCUT2D eigenvalue weighted by Gasteiger charge is 2.21. The fourth-order valence-corrected chi connectivity index (χ4v) is 3.68. The molecular formula is C18H16O4S. The average Bonchev–Trinajstić information content (AvgIpc) is 2.99. The highest BCUT2D eigenvalue weighted by atomic mass is 32.1. The Bertz CT molecular complexity index is 849. The highest BCUT2D eigenvalue weighted by Crippen LogP contribution is 2.40. The number of carbonyl (C=O) groups is 1. The summed E-state index contributed by atoms with van der Waals surface area (Å²) in [6.07, 6.45) is 0. The largest absolute Gasteiger partial charge is 0.497 e. The molecule has 0 radical (unpaired) electrons. The first-order valence-electron chi connectivity index (χ1n) is 7.01. The summed E-state index contributed by atoms with van der Waals surface area (Å²) in [5, 5.41) is 0.869. The van der Waals surface area contributed by atoms with Crippen molar-refractivity contribution in [2.75, 3.05) is 21.3 Å². The Balaban J connectivity index is 2.22. The standard InChI is InChI=1S/C18H16O4S/c1-20-12-6-4-11(5-7-12)17-16(18(19)22-3)14-9-8-13(21-2)10-15(14)23-17/h4-10H,1-3H3. The topological polar surface area (TPSA) is 44.8 Å². The number of methoxy groups -OCH3 is 3. The van der Waals surface area contributed by atoms with Gasteiger partial charge in [-0.15, -0.1) is 11.3 Å². The zero-order valence-electron chi connectivity index (χ0n) is 13.1. The van der Waals surface area contributed by atoms with E-state index in [-0.39, 0.29) is 5.97 Å². The molecule has 0 saturated carbocycles. The van der Waals surface area contributed by atoms with Gasteiger partial charge in [-0.3, -0.25) is 0 Å². The van der Waals surface area contributed by atoms with Crippen molar-refractivity contribution >= 4 is 27.4 Å². The van der Waals surface area contributed by atoms with Crippen LogP contribution in [0.1, 0.15) is 10.4 Å². The summed E-state index contributed by atoms with van der Waals surface area (Å²) in [6, 6.07) is 13.3. The second-order valence-corrected chi connectivity index (χ2v) is 5.94. The van der Waals surface area contributed by atoms with Gasteiger partial charge in [-0.1, -0.05) is 0 Å². The van der Waals surface area contributed by atoms with Crippen LogP contribution in [-0.2, 0) is 4.74 Å². The first-order chi connectivity index (χ1) is 11.2. The molecule has 0 aliphatic carbocycles. The van der Waals surface area contributed by atoms with Crippen molar-refractivity contribution < 1.29 is 19.0 Å². The molecule has 0 N–H and O–H groups in total. The minimum absolute atomic E-state index is 0.341. The van der Waals surface area contributed by atoms with Crippen LogP contribution in [0.25, 0.3) is 20.5 Å². The van der Waals surface area contributed by atoms with Gasteiger partial charge in [-0.2, -0.15) is 0 Å². The Labute approximate surface area is 138 Å². The molecule has 0 fully saturated rings. The smallest absolute Gasteiger partial charge is 0.339 e. The maximum absolute atomic E-state index is 12.3. The van der Waals surface area contributed by atoms with Gasteiger partial charge < -0.3 is 14.2 Å². The Kier molecular flexibility index (Phi) is 4.21. The predicted octanol–water partition coefficient (Wildman–Crippen LogP) is 4.37. The van der Waals surface area contributed by atoms with Gasteiger partial charge in [0.2, 0.25) is 0 Å². The molecule has 0 aliphatic rings. The van der Waals surface area contributed by atoms with Crippen LogP contribution < -0.4 is 9.47 Å². The number of benzene rings is 2. The van der Waals surface area contributed by atoms with E-state index < -0.39 is 0 Å². The number of esters is 1. The predicted molar refractivity (Wildman–Crippen MR) is 91.7 cm³/mol. The summed E-state index contributed by atoms with van der Waals surface area (Å²) in [6.45, 7) is 0. The molecule has 1 heterocycles. The van der Waals surface area contributed by atoms with Crippen molar-refractivity contribution in [3.05, 3.63) is 48.0 Å². The normalized spacial score (nSPS) is 10.6. The molecule has 4 nitrogen and oxygen atoms in total. The summed E-state index contributed by atoms with van der Waals surface area (Å²) in [5.41, 5.74) is 1.53. The van der Waals surface area contributed by atoms with Crippen LogP contribution in [0.15, 0.2) is 42.5 Å². The summed E-state index contributed by atoms with van der Waals surface area (Å²) < 4.78 is 16.4. The van der Waals surface area contributed by atoms with E-state index in [0.717, 1.165) is 32.0 Å². The molecule has 2 aromatic carbocycles. The number of fused-ring (bicyclic) bond motifs is 1. The lowest BCUT2D eigenvalue weighted by molar-refractivity contribution is 0.0604. The maximum atomic E-state index is 12.3. The van der Waals surface area contributed by atoms with Crippen LogP contribution in [0.3, 0.4) is 0 Å². The second kappa shape index (κ2) is 6.30. The molecule has 118 valence electrons. The molecular weight excluding hydrogens is 312 g/mol. The summed E-state index contributed by atoms with van der Waals surface area (Å²) in [7, 11) is 4.65. The fraction of sp³-hybridized carbons (Fsp3) is 0.167. The second-order valence-electron chi connectivity index (χ2n) is 4.89. The number of ether oxygens (including phenoxy) is 3. The first kappa shape index (κ1) is 15.4. The molecule has 0 aliphatic heterocycles. The van der Waals surface area contributed by atoms with Gasteiger partial charge in [0, 0.05) is 10.1 Å². The van der Waals surface area contributed by atoms with Crippen LogP contribution in [0.4, 0.5) is 0 Å². The Morgan fingerprint density at radius 2 is 1.57 bits per heavy atom. The monoisotopic (exact) mass is 328 g/mol. The van der Waals surface area contributed by atoms with Crippen LogP contribution >= 0.6 is 11.3 Å². The lowest BCUT2D eigenvalue weighted by Gasteiger charge is -2.05. The third-order valence-corrected chi connectivity index (χ3v) is 4.84. The molecule has 0 amide bonds. The van der Waals surface area contributed by atoms with Crippen LogP contribution in [0.5, 0.6) is 11.5 Å². The lowest BCUT2D eigenvalue weighted by Crippen LogP contribution is -2.01. The summed E-state index contributed by atoms with van der Waals surface area (Å²) >= 11 is 1.54. The number of hydrogen-bond acceptors (Lipinski definition) is 5. The zero-order chi connectivity index (χ0) is 16.4. The third kappa shape index (κ3) is 2.75. The minimum atomic E-state index is -0.341. The SMILES string of the molecule is COC(=O)c1c(-c2ccc(OC)cc2)sc2cc(OC)ccc12. The summed E-state index contributed by atoms with van der Waals surface area (Å²) in [5.74, 6) is 1.19. The molecule has 1 aromatic heterocycles. The zero-order valence-corrected chi connectivity index (χ0v) is 13.9. The minimum Gasteiger partial charge on any atom is -0.497 e. The van der Waals surface area contributed by atoms with E-state index in [0.29, 0.717) is 5.56 Å². The quantitative estimate of drug-likeness (QED) is 0.667. The first-order valence-corrected chi connectivity index (χ1v) is 7.83. The molecule has 0 spiro atoms. The molecule has 5 heteroatoms. The van der Waals surface area contributed by atoms with Crippen molar-refractivity contribution in [2.24, 2.45) is 0 Å². The van der Waals surface area contributed by atoms with Crippen molar-refractivity contribution in [1.82, 2.24) is 0 Å². The van der Waals surface area contributed by atoms with E-state index in [1.165, 1.54) is 7.11 Å². The molecule has 0 unspecified atom stereocenters. The number of carbonyl (C=O) groups excluding carboxylic acids is 1.